The second-order valence-corrected chi connectivity index (χ2v) is 9.61. The smallest absolute Gasteiger partial charge is 0.407 e. The first-order valence-electron chi connectivity index (χ1n) is 12.8. The molecule has 0 radical (unpaired) electrons. The van der Waals surface area contributed by atoms with E-state index in [2.05, 4.69) is 20.3 Å². The Morgan fingerprint density at radius 1 is 0.975 bits per heavy atom. The summed E-state index contributed by atoms with van der Waals surface area (Å²) in [7, 11) is 0. The number of carbonyl (C=O) groups is 1. The third-order valence-corrected chi connectivity index (χ3v) is 7.01. The molecule has 0 aliphatic heterocycles. The van der Waals surface area contributed by atoms with Crippen LogP contribution in [0.5, 0.6) is 0 Å². The average Bonchev–Trinajstić information content (AvgIpc) is 3.35. The van der Waals surface area contributed by atoms with Crippen LogP contribution in [0, 0.1) is 12.8 Å². The highest BCUT2D eigenvalue weighted by molar-refractivity contribution is 5.97. The first-order valence-corrected chi connectivity index (χ1v) is 12.8. The van der Waals surface area contributed by atoms with Gasteiger partial charge < -0.3 is 36.9 Å². The number of hydrogen-bond donors (Lipinski definition) is 6. The number of benzene rings is 3. The molecular formula is C29H33N7O4. The van der Waals surface area contributed by atoms with Crippen LogP contribution in [0.25, 0.3) is 11.0 Å². The SMILES string of the molecule is Cc1nc2ccc(C(C(CCc3ccc(C(N)=NO)cc3)C(N)=NO)N(CCc3ccccc3)C(=O)O)cc2[nH]1. The lowest BCUT2D eigenvalue weighted by molar-refractivity contribution is 0.112. The maximum Gasteiger partial charge on any atom is 0.407 e. The number of carboxylic acid groups (broad SMARTS) is 1. The lowest BCUT2D eigenvalue weighted by atomic mass is 9.85. The molecule has 208 valence electrons. The van der Waals surface area contributed by atoms with Crippen LogP contribution < -0.4 is 11.5 Å². The summed E-state index contributed by atoms with van der Waals surface area (Å²) in [6.45, 7) is 2.05. The van der Waals surface area contributed by atoms with Crippen molar-refractivity contribution in [1.29, 1.82) is 0 Å². The number of aryl methyl sites for hydroxylation is 2. The van der Waals surface area contributed by atoms with Crippen LogP contribution in [0.15, 0.2) is 83.1 Å². The van der Waals surface area contributed by atoms with E-state index in [-0.39, 0.29) is 18.2 Å². The number of oxime groups is 2. The number of nitrogens with two attached hydrogens (primary N) is 2. The summed E-state index contributed by atoms with van der Waals surface area (Å²) in [4.78, 5) is 21.8. The van der Waals surface area contributed by atoms with E-state index in [0.717, 1.165) is 28.0 Å². The van der Waals surface area contributed by atoms with Crippen LogP contribution in [0.2, 0.25) is 0 Å². The predicted octanol–water partition coefficient (Wildman–Crippen LogP) is 4.23. The van der Waals surface area contributed by atoms with E-state index in [0.29, 0.717) is 30.4 Å². The molecule has 1 heterocycles. The van der Waals surface area contributed by atoms with Gasteiger partial charge in [-0.25, -0.2) is 9.78 Å². The number of H-pyrrole nitrogens is 1. The van der Waals surface area contributed by atoms with Gasteiger partial charge in [0.05, 0.1) is 17.1 Å². The molecule has 0 fully saturated rings. The number of aromatic nitrogens is 2. The van der Waals surface area contributed by atoms with Crippen LogP contribution in [0.4, 0.5) is 4.79 Å². The molecule has 4 rings (SSSR count). The molecule has 0 aliphatic carbocycles. The minimum Gasteiger partial charge on any atom is -0.465 e. The second kappa shape index (κ2) is 12.7. The van der Waals surface area contributed by atoms with Crippen molar-refractivity contribution in [2.24, 2.45) is 27.7 Å². The first kappa shape index (κ1) is 28.0. The Kier molecular flexibility index (Phi) is 8.85. The molecule has 11 nitrogen and oxygen atoms in total. The number of amides is 1. The number of amidine groups is 2. The summed E-state index contributed by atoms with van der Waals surface area (Å²) >= 11 is 0. The van der Waals surface area contributed by atoms with Gasteiger partial charge in [0.1, 0.15) is 11.7 Å². The van der Waals surface area contributed by atoms with Crippen LogP contribution >= 0.6 is 0 Å². The fourth-order valence-corrected chi connectivity index (χ4v) is 4.98. The zero-order valence-corrected chi connectivity index (χ0v) is 22.1. The van der Waals surface area contributed by atoms with Crippen LogP contribution in [0.1, 0.15) is 40.5 Å². The highest BCUT2D eigenvalue weighted by Crippen LogP contribution is 2.34. The summed E-state index contributed by atoms with van der Waals surface area (Å²) in [5, 5.41) is 35.4. The van der Waals surface area contributed by atoms with Crippen molar-refractivity contribution >= 4 is 28.8 Å². The van der Waals surface area contributed by atoms with E-state index in [1.165, 1.54) is 4.90 Å². The van der Waals surface area contributed by atoms with Crippen molar-refractivity contribution in [3.8, 4) is 0 Å². The largest absolute Gasteiger partial charge is 0.465 e. The fraction of sp³-hybridized carbons (Fsp3) is 0.241. The maximum absolute atomic E-state index is 12.7. The standard InChI is InChI=1S/C29H33N7O4/c1-18-32-24-14-12-22(17-25(24)33-18)26(36(29(37)38)16-15-19-5-3-2-4-6-19)23(28(31)35-40)13-9-20-7-10-21(11-8-20)27(30)34-39/h2-8,10-12,14,17,23,26,39-40H,9,13,15-16H2,1H3,(H2,30,34)(H2,31,35)(H,32,33)(H,37,38). The number of nitrogens with zero attached hydrogens (tertiary/aromatic N) is 4. The maximum atomic E-state index is 12.7. The van der Waals surface area contributed by atoms with Crippen LogP contribution in [-0.4, -0.2) is 54.7 Å². The topological polar surface area (TPSA) is 186 Å². The number of imidazole rings is 1. The first-order chi connectivity index (χ1) is 19.3. The van der Waals surface area contributed by atoms with Gasteiger partial charge >= 0.3 is 6.09 Å². The summed E-state index contributed by atoms with van der Waals surface area (Å²) in [5.41, 5.74) is 16.7. The molecule has 4 aromatic rings. The number of hydrogen-bond acceptors (Lipinski definition) is 6. The van der Waals surface area contributed by atoms with Gasteiger partial charge in [-0.1, -0.05) is 71.0 Å². The quantitative estimate of drug-likeness (QED) is 0.0707. The van der Waals surface area contributed by atoms with E-state index in [1.54, 1.807) is 12.1 Å². The van der Waals surface area contributed by atoms with E-state index in [4.69, 9.17) is 16.7 Å². The monoisotopic (exact) mass is 543 g/mol. The lowest BCUT2D eigenvalue weighted by Gasteiger charge is -2.35. The Balaban J connectivity index is 1.71. The molecule has 0 aliphatic rings. The van der Waals surface area contributed by atoms with E-state index < -0.39 is 18.1 Å². The summed E-state index contributed by atoms with van der Waals surface area (Å²) in [6.07, 6.45) is 0.276. The number of rotatable bonds is 11. The Bertz CT molecular complexity index is 1500. The molecule has 40 heavy (non-hydrogen) atoms. The molecule has 1 aromatic heterocycles. The van der Waals surface area contributed by atoms with Gasteiger partial charge in [0.2, 0.25) is 0 Å². The van der Waals surface area contributed by atoms with E-state index in [9.17, 15) is 15.1 Å². The van der Waals surface area contributed by atoms with Gasteiger partial charge in [-0.3, -0.25) is 0 Å². The molecule has 11 heteroatoms. The molecule has 0 saturated carbocycles. The zero-order chi connectivity index (χ0) is 28.6. The molecule has 0 saturated heterocycles. The van der Waals surface area contributed by atoms with Crippen molar-refractivity contribution in [2.75, 3.05) is 6.54 Å². The summed E-state index contributed by atoms with van der Waals surface area (Å²) < 4.78 is 0. The zero-order valence-electron chi connectivity index (χ0n) is 22.1. The molecule has 0 bridgehead atoms. The summed E-state index contributed by atoms with van der Waals surface area (Å²) in [6, 6.07) is 21.6. The molecule has 1 amide bonds. The minimum atomic E-state index is -1.11. The minimum absolute atomic E-state index is 0.00102. The van der Waals surface area contributed by atoms with Crippen molar-refractivity contribution in [1.82, 2.24) is 14.9 Å². The molecule has 8 N–H and O–H groups in total. The second-order valence-electron chi connectivity index (χ2n) is 9.61. The number of nitrogens with one attached hydrogen (secondary N) is 1. The molecule has 2 unspecified atom stereocenters. The lowest BCUT2D eigenvalue weighted by Crippen LogP contribution is -2.43. The van der Waals surface area contributed by atoms with Crippen molar-refractivity contribution < 1.29 is 20.3 Å². The third-order valence-electron chi connectivity index (χ3n) is 7.01. The van der Waals surface area contributed by atoms with Gasteiger partial charge in [-0.15, -0.1) is 0 Å². The van der Waals surface area contributed by atoms with Crippen molar-refractivity contribution in [3.63, 3.8) is 0 Å². The number of aromatic amines is 1. The predicted molar refractivity (Wildman–Crippen MR) is 153 cm³/mol. The highest BCUT2D eigenvalue weighted by atomic mass is 16.4. The molecular weight excluding hydrogens is 510 g/mol. The Labute approximate surface area is 231 Å². The van der Waals surface area contributed by atoms with Gasteiger partial charge in [-0.2, -0.15) is 0 Å². The van der Waals surface area contributed by atoms with Crippen LogP contribution in [-0.2, 0) is 12.8 Å². The molecule has 2 atom stereocenters. The Hall–Kier alpha value is -5.06. The average molecular weight is 544 g/mol. The normalized spacial score (nSPS) is 13.7. The van der Waals surface area contributed by atoms with Gasteiger partial charge in [0, 0.05) is 18.0 Å². The van der Waals surface area contributed by atoms with Gasteiger partial charge in [0.15, 0.2) is 5.84 Å². The molecule has 3 aromatic carbocycles. The van der Waals surface area contributed by atoms with Crippen LogP contribution in [0.3, 0.4) is 0 Å². The highest BCUT2D eigenvalue weighted by Gasteiger charge is 2.35. The van der Waals surface area contributed by atoms with E-state index >= 15 is 0 Å². The van der Waals surface area contributed by atoms with E-state index in [1.807, 2.05) is 67.6 Å². The Morgan fingerprint density at radius 2 is 1.68 bits per heavy atom. The number of fused-ring (bicyclic) bond motifs is 1. The molecule has 0 spiro atoms. The van der Waals surface area contributed by atoms with Crippen molar-refractivity contribution in [3.05, 3.63) is 101 Å². The summed E-state index contributed by atoms with van der Waals surface area (Å²) in [5.74, 6) is 0.0273. The van der Waals surface area contributed by atoms with Gasteiger partial charge in [0.25, 0.3) is 0 Å². The Morgan fingerprint density at radius 3 is 2.33 bits per heavy atom. The third kappa shape index (κ3) is 6.49. The fourth-order valence-electron chi connectivity index (χ4n) is 4.98. The van der Waals surface area contributed by atoms with Gasteiger partial charge in [-0.05, 0) is 55.0 Å². The van der Waals surface area contributed by atoms with Crippen molar-refractivity contribution in [2.45, 2.75) is 32.2 Å².